The lowest BCUT2D eigenvalue weighted by Crippen LogP contribution is -2.38. The standard InChI is InChI=1S/C20H14F3N5O4/c1-9-4-14(25-32-9)17(29)26-8-12-6-15(26)16-18(30)28(19(31)27(12)16)11-3-2-10(7-24)13(5-11)20(21,22)23/h2-5,12,15,30H,6,8H2,1H3/t12-,15-/m0/s1. The number of likely N-dealkylation sites (tertiary alicyclic amines) is 1. The Balaban J connectivity index is 1.59. The highest BCUT2D eigenvalue weighted by Crippen LogP contribution is 2.49. The molecule has 1 fully saturated rings. The van der Waals surface area contributed by atoms with E-state index in [0.717, 1.165) is 16.7 Å². The van der Waals surface area contributed by atoms with Crippen LogP contribution in [0.1, 0.15) is 51.6 Å². The van der Waals surface area contributed by atoms with Crippen molar-refractivity contribution in [3.63, 3.8) is 0 Å². The van der Waals surface area contributed by atoms with Gasteiger partial charge in [0.15, 0.2) is 5.69 Å². The maximum atomic E-state index is 13.4. The molecule has 0 spiro atoms. The number of halogens is 3. The van der Waals surface area contributed by atoms with Crippen LogP contribution in [0.5, 0.6) is 5.88 Å². The number of aromatic hydroxyl groups is 1. The molecule has 1 aromatic carbocycles. The minimum atomic E-state index is -4.82. The van der Waals surface area contributed by atoms with E-state index < -0.39 is 46.9 Å². The molecular formula is C20H14F3N5O4. The molecule has 2 aliphatic heterocycles. The van der Waals surface area contributed by atoms with E-state index in [1.54, 1.807) is 6.92 Å². The number of benzene rings is 1. The number of carbonyl (C=O) groups excluding carboxylic acids is 1. The van der Waals surface area contributed by atoms with Gasteiger partial charge in [0.2, 0.25) is 5.88 Å². The van der Waals surface area contributed by atoms with E-state index >= 15 is 0 Å². The van der Waals surface area contributed by atoms with Crippen molar-refractivity contribution in [2.75, 3.05) is 6.54 Å². The summed E-state index contributed by atoms with van der Waals surface area (Å²) in [6.45, 7) is 1.82. The quantitative estimate of drug-likeness (QED) is 0.648. The summed E-state index contributed by atoms with van der Waals surface area (Å²) in [6, 6.07) is 4.63. The summed E-state index contributed by atoms with van der Waals surface area (Å²) in [7, 11) is 0. The molecule has 1 saturated heterocycles. The maximum Gasteiger partial charge on any atom is 0.417 e. The molecule has 2 aliphatic rings. The van der Waals surface area contributed by atoms with Gasteiger partial charge in [-0.3, -0.25) is 9.36 Å². The Labute approximate surface area is 177 Å². The molecule has 9 nitrogen and oxygen atoms in total. The lowest BCUT2D eigenvalue weighted by molar-refractivity contribution is -0.137. The lowest BCUT2D eigenvalue weighted by atomic mass is 10.1. The molecule has 1 amide bonds. The topological polar surface area (TPSA) is 117 Å². The molecule has 2 aromatic heterocycles. The fraction of sp³-hybridized carbons (Fsp3) is 0.300. The number of hydrogen-bond acceptors (Lipinski definition) is 6. The molecule has 2 atom stereocenters. The van der Waals surface area contributed by atoms with Crippen molar-refractivity contribution in [2.24, 2.45) is 0 Å². The van der Waals surface area contributed by atoms with Gasteiger partial charge in [-0.2, -0.15) is 18.4 Å². The number of amides is 1. The average Bonchev–Trinajstić information content (AvgIpc) is 3.50. The van der Waals surface area contributed by atoms with Crippen LogP contribution in [-0.4, -0.2) is 36.7 Å². The van der Waals surface area contributed by atoms with Crippen LogP contribution in [0.4, 0.5) is 13.2 Å². The minimum Gasteiger partial charge on any atom is -0.493 e. The van der Waals surface area contributed by atoms with Gasteiger partial charge in [0.1, 0.15) is 11.5 Å². The van der Waals surface area contributed by atoms with Crippen molar-refractivity contribution in [2.45, 2.75) is 31.6 Å². The number of hydrogen-bond donors (Lipinski definition) is 1. The molecule has 3 aromatic rings. The summed E-state index contributed by atoms with van der Waals surface area (Å²) in [6.07, 6.45) is -4.43. The first-order valence-electron chi connectivity index (χ1n) is 9.54. The molecule has 0 aliphatic carbocycles. The Kier molecular flexibility index (Phi) is 4.04. The van der Waals surface area contributed by atoms with Crippen LogP contribution in [0.3, 0.4) is 0 Å². The summed E-state index contributed by atoms with van der Waals surface area (Å²) in [5, 5.41) is 23.5. The third kappa shape index (κ3) is 2.67. The smallest absolute Gasteiger partial charge is 0.417 e. The van der Waals surface area contributed by atoms with Gasteiger partial charge in [0, 0.05) is 12.6 Å². The molecule has 4 heterocycles. The van der Waals surface area contributed by atoms with E-state index in [9.17, 15) is 27.9 Å². The fourth-order valence-corrected chi connectivity index (χ4v) is 4.52. The number of carbonyl (C=O) groups is 1. The average molecular weight is 445 g/mol. The van der Waals surface area contributed by atoms with Gasteiger partial charge in [-0.25, -0.2) is 9.36 Å². The van der Waals surface area contributed by atoms with Gasteiger partial charge in [-0.05, 0) is 31.5 Å². The summed E-state index contributed by atoms with van der Waals surface area (Å²) >= 11 is 0. The fourth-order valence-electron chi connectivity index (χ4n) is 4.52. The van der Waals surface area contributed by atoms with E-state index in [2.05, 4.69) is 5.16 Å². The summed E-state index contributed by atoms with van der Waals surface area (Å²) < 4.78 is 47.1. The van der Waals surface area contributed by atoms with Gasteiger partial charge in [-0.1, -0.05) is 5.16 Å². The summed E-state index contributed by atoms with van der Waals surface area (Å²) in [5.41, 5.74) is -2.52. The second kappa shape index (κ2) is 6.49. The van der Waals surface area contributed by atoms with Crippen LogP contribution in [-0.2, 0) is 6.18 Å². The highest BCUT2D eigenvalue weighted by molar-refractivity contribution is 5.93. The van der Waals surface area contributed by atoms with Crippen LogP contribution in [0.2, 0.25) is 0 Å². The molecule has 12 heteroatoms. The van der Waals surface area contributed by atoms with Crippen LogP contribution in [0, 0.1) is 18.3 Å². The first-order valence-corrected chi connectivity index (χ1v) is 9.54. The number of imidazole rings is 1. The van der Waals surface area contributed by atoms with Gasteiger partial charge in [0.25, 0.3) is 5.91 Å². The number of nitriles is 1. The van der Waals surface area contributed by atoms with E-state index in [1.807, 2.05) is 0 Å². The highest BCUT2D eigenvalue weighted by Gasteiger charge is 2.49. The van der Waals surface area contributed by atoms with Crippen molar-refractivity contribution >= 4 is 5.91 Å². The predicted octanol–water partition coefficient (Wildman–Crippen LogP) is 2.67. The summed E-state index contributed by atoms with van der Waals surface area (Å²) in [4.78, 5) is 27.3. The number of fused-ring (bicyclic) bond motifs is 5. The molecule has 32 heavy (non-hydrogen) atoms. The second-order valence-corrected chi connectivity index (χ2v) is 7.72. The van der Waals surface area contributed by atoms with E-state index in [0.29, 0.717) is 18.2 Å². The molecule has 0 saturated carbocycles. The Morgan fingerprint density at radius 3 is 2.72 bits per heavy atom. The largest absolute Gasteiger partial charge is 0.493 e. The highest BCUT2D eigenvalue weighted by atomic mass is 19.4. The zero-order valence-corrected chi connectivity index (χ0v) is 16.4. The van der Waals surface area contributed by atoms with Crippen molar-refractivity contribution in [3.05, 3.63) is 63.0 Å². The first-order chi connectivity index (χ1) is 15.1. The van der Waals surface area contributed by atoms with E-state index in [1.165, 1.54) is 21.6 Å². The maximum absolute atomic E-state index is 13.4. The summed E-state index contributed by atoms with van der Waals surface area (Å²) in [5.74, 6) is -0.531. The van der Waals surface area contributed by atoms with Crippen molar-refractivity contribution in [1.82, 2.24) is 19.2 Å². The van der Waals surface area contributed by atoms with Crippen molar-refractivity contribution < 1.29 is 27.6 Å². The minimum absolute atomic E-state index is 0.0878. The van der Waals surface area contributed by atoms with Crippen LogP contribution in [0.25, 0.3) is 5.69 Å². The number of nitrogens with zero attached hydrogens (tertiary/aromatic N) is 5. The normalized spacial score (nSPS) is 19.3. The van der Waals surface area contributed by atoms with Gasteiger partial charge in [-0.15, -0.1) is 0 Å². The zero-order chi connectivity index (χ0) is 22.9. The van der Waals surface area contributed by atoms with Crippen molar-refractivity contribution in [3.8, 4) is 17.6 Å². The van der Waals surface area contributed by atoms with Crippen LogP contribution < -0.4 is 5.69 Å². The van der Waals surface area contributed by atoms with E-state index in [-0.39, 0.29) is 23.6 Å². The number of rotatable bonds is 2. The molecule has 1 N–H and O–H groups in total. The second-order valence-electron chi connectivity index (χ2n) is 7.72. The number of aryl methyl sites for hydroxylation is 1. The predicted molar refractivity (Wildman–Crippen MR) is 100 cm³/mol. The molecule has 164 valence electrons. The van der Waals surface area contributed by atoms with Gasteiger partial charge in [0.05, 0.1) is 35.0 Å². The molecular weight excluding hydrogens is 431 g/mol. The Morgan fingerprint density at radius 2 is 2.09 bits per heavy atom. The third-order valence-electron chi connectivity index (χ3n) is 5.85. The number of alkyl halides is 3. The molecule has 2 bridgehead atoms. The number of aromatic nitrogens is 3. The third-order valence-corrected chi connectivity index (χ3v) is 5.85. The van der Waals surface area contributed by atoms with Crippen LogP contribution >= 0.6 is 0 Å². The Morgan fingerprint density at radius 1 is 1.34 bits per heavy atom. The monoisotopic (exact) mass is 445 g/mol. The van der Waals surface area contributed by atoms with Gasteiger partial charge >= 0.3 is 11.9 Å². The zero-order valence-electron chi connectivity index (χ0n) is 16.4. The Bertz CT molecular complexity index is 1380. The van der Waals surface area contributed by atoms with E-state index in [4.69, 9.17) is 9.78 Å². The lowest BCUT2D eigenvalue weighted by Gasteiger charge is -2.26. The SMILES string of the molecule is Cc1cc(C(=O)N2C[C@@H]3C[C@H]2c2c(O)n(-c4ccc(C#N)c(C(F)(F)F)c4)c(=O)n23)no1. The van der Waals surface area contributed by atoms with Gasteiger partial charge < -0.3 is 14.5 Å². The Hall–Kier alpha value is -4.01. The molecule has 0 radical (unpaired) electrons. The first kappa shape index (κ1) is 19.9. The molecule has 0 unspecified atom stereocenters. The molecule has 5 rings (SSSR count). The van der Waals surface area contributed by atoms with Crippen molar-refractivity contribution in [1.29, 1.82) is 5.26 Å². The van der Waals surface area contributed by atoms with Crippen LogP contribution in [0.15, 0.2) is 33.6 Å².